The van der Waals surface area contributed by atoms with Crippen LogP contribution in [-0.2, 0) is 19.1 Å². The number of hydrogen-bond acceptors (Lipinski definition) is 7. The van der Waals surface area contributed by atoms with Gasteiger partial charge in [-0.3, -0.25) is 9.59 Å². The van der Waals surface area contributed by atoms with E-state index in [0.717, 1.165) is 0 Å². The van der Waals surface area contributed by atoms with E-state index in [1.807, 2.05) is 19.9 Å². The first-order valence-corrected chi connectivity index (χ1v) is 13.0. The smallest absolute Gasteiger partial charge is 0.233 e. The fraction of sp³-hybridized carbons (Fsp3) is 0.414. The quantitative estimate of drug-likeness (QED) is 0.258. The number of methoxy groups -OCH3 is 1. The Balaban J connectivity index is 1.77. The van der Waals surface area contributed by atoms with Crippen LogP contribution in [-0.4, -0.2) is 69.1 Å². The average molecular weight is 541 g/mol. The summed E-state index contributed by atoms with van der Waals surface area (Å²) in [5, 5.41) is 6.91. The number of ether oxygens (including phenoxy) is 3. The van der Waals surface area contributed by atoms with Gasteiger partial charge in [-0.15, -0.1) is 0 Å². The fourth-order valence-corrected chi connectivity index (χ4v) is 4.16. The number of nitrogens with zero attached hydrogens (tertiary/aromatic N) is 2. The Morgan fingerprint density at radius 2 is 1.90 bits per heavy atom. The molecular weight excluding hydrogens is 503 g/mol. The third-order valence-electron chi connectivity index (χ3n) is 6.00. The van der Waals surface area contributed by atoms with Crippen LogP contribution in [0.4, 0.5) is 15.8 Å². The lowest BCUT2D eigenvalue weighted by molar-refractivity contribution is -0.141. The molecule has 210 valence electrons. The Morgan fingerprint density at radius 3 is 2.54 bits per heavy atom. The van der Waals surface area contributed by atoms with E-state index >= 15 is 4.39 Å². The first kappa shape index (κ1) is 29.8. The molecule has 0 saturated carbocycles. The highest BCUT2D eigenvalue weighted by atomic mass is 19.1. The van der Waals surface area contributed by atoms with Crippen LogP contribution in [0.5, 0.6) is 5.75 Å². The Hall–Kier alpha value is -3.76. The number of hydrogen-bond donors (Lipinski definition) is 2. The highest BCUT2D eigenvalue weighted by molar-refractivity contribution is 6.03. The molecule has 0 bridgehead atoms. The van der Waals surface area contributed by atoms with E-state index < -0.39 is 11.7 Å². The molecule has 9 nitrogen and oxygen atoms in total. The van der Waals surface area contributed by atoms with Crippen molar-refractivity contribution in [2.24, 2.45) is 4.99 Å². The van der Waals surface area contributed by atoms with Crippen LogP contribution in [0.15, 0.2) is 41.4 Å². The molecule has 1 unspecified atom stereocenters. The van der Waals surface area contributed by atoms with Gasteiger partial charge in [0.1, 0.15) is 30.4 Å². The van der Waals surface area contributed by atoms with Crippen molar-refractivity contribution in [1.29, 1.82) is 0 Å². The largest absolute Gasteiger partial charge is 0.491 e. The summed E-state index contributed by atoms with van der Waals surface area (Å²) in [7, 11) is 1.58. The number of morpholine rings is 1. The normalized spacial score (nSPS) is 16.8. The zero-order valence-corrected chi connectivity index (χ0v) is 23.0. The Labute approximate surface area is 228 Å². The molecule has 3 rings (SSSR count). The van der Waals surface area contributed by atoms with Crippen LogP contribution in [0.25, 0.3) is 11.9 Å². The first-order chi connectivity index (χ1) is 18.9. The van der Waals surface area contributed by atoms with Crippen molar-refractivity contribution in [2.75, 3.05) is 50.7 Å². The second kappa shape index (κ2) is 15.0. The van der Waals surface area contributed by atoms with E-state index in [4.69, 9.17) is 14.2 Å². The maximum atomic E-state index is 15.3. The Kier molecular flexibility index (Phi) is 11.4. The molecule has 1 aliphatic heterocycles. The minimum absolute atomic E-state index is 0.0553. The number of benzene rings is 2. The van der Waals surface area contributed by atoms with Gasteiger partial charge in [0.15, 0.2) is 0 Å². The summed E-state index contributed by atoms with van der Waals surface area (Å²) in [5.41, 5.74) is 1.19. The van der Waals surface area contributed by atoms with Crippen molar-refractivity contribution in [3.8, 4) is 5.75 Å². The van der Waals surface area contributed by atoms with Gasteiger partial charge in [0, 0.05) is 37.3 Å². The zero-order valence-electron chi connectivity index (χ0n) is 23.0. The summed E-state index contributed by atoms with van der Waals surface area (Å²) in [4.78, 5) is 31.0. The number of halogens is 1. The molecule has 2 aromatic carbocycles. The Morgan fingerprint density at radius 1 is 1.18 bits per heavy atom. The third kappa shape index (κ3) is 8.62. The zero-order chi connectivity index (χ0) is 28.2. The van der Waals surface area contributed by atoms with Crippen LogP contribution >= 0.6 is 0 Å². The molecule has 0 aliphatic carbocycles. The summed E-state index contributed by atoms with van der Waals surface area (Å²) in [5.74, 6) is -0.345. The molecule has 1 heterocycles. The highest BCUT2D eigenvalue weighted by Gasteiger charge is 2.25. The number of aliphatic imine (C=N–C) groups is 1. The predicted molar refractivity (Wildman–Crippen MR) is 151 cm³/mol. The summed E-state index contributed by atoms with van der Waals surface area (Å²) in [6, 6.07) is 9.96. The van der Waals surface area contributed by atoms with Gasteiger partial charge in [0.05, 0.1) is 31.1 Å². The van der Waals surface area contributed by atoms with E-state index in [1.54, 1.807) is 55.5 Å². The summed E-state index contributed by atoms with van der Waals surface area (Å²) in [6.07, 6.45) is 3.94. The lowest BCUT2D eigenvalue weighted by Gasteiger charge is -2.33. The number of rotatable bonds is 11. The van der Waals surface area contributed by atoms with E-state index in [-0.39, 0.29) is 18.4 Å². The summed E-state index contributed by atoms with van der Waals surface area (Å²) >= 11 is 0. The van der Waals surface area contributed by atoms with Gasteiger partial charge in [0.25, 0.3) is 0 Å². The second-order valence-corrected chi connectivity index (χ2v) is 9.00. The standard InChI is InChI=1S/C29H37FN4O5/c1-5-7-21-16-24(39-15-14-37-4)17-25(30)28(21)29(31-6-2)33-23-10-8-22(9-11-23)32-26(35)18-27(36)34-12-13-38-19-20(34)3/h6-11,16-17,20,33H,5,12-15,18-19H2,1-4H3,(H,32,35)/b21-7+,29-28-,31-6-. The van der Waals surface area contributed by atoms with E-state index in [0.29, 0.717) is 72.8 Å². The molecule has 1 aliphatic rings. The van der Waals surface area contributed by atoms with Gasteiger partial charge in [0.2, 0.25) is 11.8 Å². The van der Waals surface area contributed by atoms with Crippen LogP contribution in [0, 0.1) is 5.82 Å². The molecule has 1 saturated heterocycles. The lowest BCUT2D eigenvalue weighted by atomic mass is 10.1. The molecular formula is C29H37FN4O5. The van der Waals surface area contributed by atoms with Crippen molar-refractivity contribution in [3.05, 3.63) is 52.7 Å². The molecule has 2 amide bonds. The third-order valence-corrected chi connectivity index (χ3v) is 6.00. The molecule has 1 atom stereocenters. The number of carbonyl (C=O) groups excluding carboxylic acids is 2. The van der Waals surface area contributed by atoms with Gasteiger partial charge < -0.3 is 29.7 Å². The summed E-state index contributed by atoms with van der Waals surface area (Å²) < 4.78 is 31.3. The number of carbonyl (C=O) groups is 2. The van der Waals surface area contributed by atoms with Gasteiger partial charge in [-0.05, 0) is 55.8 Å². The van der Waals surface area contributed by atoms with Crippen molar-refractivity contribution < 1.29 is 28.2 Å². The van der Waals surface area contributed by atoms with Crippen LogP contribution in [0.1, 0.15) is 33.6 Å². The average Bonchev–Trinajstić information content (AvgIpc) is 2.90. The molecule has 2 N–H and O–H groups in total. The van der Waals surface area contributed by atoms with E-state index in [9.17, 15) is 9.59 Å². The fourth-order valence-electron chi connectivity index (χ4n) is 4.16. The number of nitrogens with one attached hydrogen (secondary N) is 2. The Bertz CT molecular complexity index is 1280. The molecule has 1 fully saturated rings. The maximum Gasteiger partial charge on any atom is 0.233 e. The highest BCUT2D eigenvalue weighted by Crippen LogP contribution is 2.17. The molecule has 0 spiro atoms. The molecule has 39 heavy (non-hydrogen) atoms. The first-order valence-electron chi connectivity index (χ1n) is 13.0. The van der Waals surface area contributed by atoms with E-state index in [2.05, 4.69) is 15.6 Å². The van der Waals surface area contributed by atoms with Gasteiger partial charge in [-0.2, -0.15) is 0 Å². The minimum atomic E-state index is -0.471. The molecule has 0 aromatic heterocycles. The van der Waals surface area contributed by atoms with Gasteiger partial charge in [-0.25, -0.2) is 9.38 Å². The predicted octanol–water partition coefficient (Wildman–Crippen LogP) is 2.89. The SMILES string of the molecule is C\C=N/C(Nc1ccc(NC(=O)CC(=O)N2CCOCC2C)cc1)=c1/c(F)cc(OCCOC)c/c1=C\CC. The monoisotopic (exact) mass is 540 g/mol. The topological polar surface area (TPSA) is 101 Å². The van der Waals surface area contributed by atoms with Crippen molar-refractivity contribution >= 4 is 41.3 Å². The summed E-state index contributed by atoms with van der Waals surface area (Å²) in [6.45, 7) is 7.75. The van der Waals surface area contributed by atoms with Crippen LogP contribution in [0.2, 0.25) is 0 Å². The number of anilines is 2. The minimum Gasteiger partial charge on any atom is -0.491 e. The van der Waals surface area contributed by atoms with Crippen molar-refractivity contribution in [1.82, 2.24) is 4.90 Å². The van der Waals surface area contributed by atoms with Crippen LogP contribution in [0.3, 0.4) is 0 Å². The van der Waals surface area contributed by atoms with Crippen LogP contribution < -0.4 is 25.8 Å². The molecule has 10 heteroatoms. The van der Waals surface area contributed by atoms with Crippen molar-refractivity contribution in [3.63, 3.8) is 0 Å². The lowest BCUT2D eigenvalue weighted by Crippen LogP contribution is -2.47. The molecule has 0 radical (unpaired) electrons. The maximum absolute atomic E-state index is 15.3. The number of amides is 2. The molecule has 2 aromatic rings. The van der Waals surface area contributed by atoms with E-state index in [1.165, 1.54) is 6.07 Å². The second-order valence-electron chi connectivity index (χ2n) is 9.00. The van der Waals surface area contributed by atoms with Gasteiger partial charge >= 0.3 is 0 Å². The van der Waals surface area contributed by atoms with Crippen molar-refractivity contribution in [2.45, 2.75) is 39.7 Å². The van der Waals surface area contributed by atoms with Gasteiger partial charge in [-0.1, -0.05) is 13.0 Å².